The Morgan fingerprint density at radius 2 is 1.97 bits per heavy atom. The molecule has 1 aliphatic rings. The zero-order valence-electron chi connectivity index (χ0n) is 18.2. The standard InChI is InChI=1S/C22H37N3O3.HI/c1-4-23-22(25(2)14-10-19-11-16-27-17-12-19)24-13-5-15-28-18-20-6-8-21(26-3)9-7-20;/h6-9,19H,4-5,10-18H2,1-3H3,(H,23,24);1H. The molecule has 0 spiro atoms. The molecule has 0 aliphatic carbocycles. The lowest BCUT2D eigenvalue weighted by molar-refractivity contribution is 0.0625. The van der Waals surface area contributed by atoms with E-state index >= 15 is 0 Å². The first kappa shape index (κ1) is 26.0. The maximum Gasteiger partial charge on any atom is 0.193 e. The average Bonchev–Trinajstić information content (AvgIpc) is 2.74. The Hall–Kier alpha value is -1.06. The number of nitrogens with zero attached hydrogens (tertiary/aromatic N) is 2. The highest BCUT2D eigenvalue weighted by Gasteiger charge is 2.15. The lowest BCUT2D eigenvalue weighted by Gasteiger charge is -2.26. The van der Waals surface area contributed by atoms with Gasteiger partial charge in [-0.2, -0.15) is 0 Å². The predicted molar refractivity (Wildman–Crippen MR) is 129 cm³/mol. The number of benzene rings is 1. The molecule has 0 amide bonds. The molecule has 1 aliphatic heterocycles. The van der Waals surface area contributed by atoms with Crippen LogP contribution in [0, 0.1) is 5.92 Å². The van der Waals surface area contributed by atoms with Crippen molar-refractivity contribution < 1.29 is 14.2 Å². The summed E-state index contributed by atoms with van der Waals surface area (Å²) in [5, 5.41) is 3.40. The Kier molecular flexibility index (Phi) is 14.1. The van der Waals surface area contributed by atoms with E-state index < -0.39 is 0 Å². The molecule has 2 rings (SSSR count). The van der Waals surface area contributed by atoms with Crippen molar-refractivity contribution in [2.24, 2.45) is 10.9 Å². The second kappa shape index (κ2) is 15.7. The van der Waals surface area contributed by atoms with E-state index in [2.05, 4.69) is 24.2 Å². The first-order valence-corrected chi connectivity index (χ1v) is 10.5. The van der Waals surface area contributed by atoms with Crippen LogP contribution < -0.4 is 10.1 Å². The lowest BCUT2D eigenvalue weighted by Crippen LogP contribution is -2.40. The summed E-state index contributed by atoms with van der Waals surface area (Å²) in [4.78, 5) is 7.00. The molecule has 0 atom stereocenters. The van der Waals surface area contributed by atoms with Crippen LogP contribution >= 0.6 is 24.0 Å². The van der Waals surface area contributed by atoms with Crippen LogP contribution in [-0.2, 0) is 16.1 Å². The third kappa shape index (κ3) is 10.5. The Labute approximate surface area is 193 Å². The lowest BCUT2D eigenvalue weighted by atomic mass is 9.96. The fourth-order valence-corrected chi connectivity index (χ4v) is 3.25. The van der Waals surface area contributed by atoms with Gasteiger partial charge in [-0.25, -0.2) is 0 Å². The van der Waals surface area contributed by atoms with Crippen molar-refractivity contribution in [3.8, 4) is 5.75 Å². The maximum absolute atomic E-state index is 5.77. The van der Waals surface area contributed by atoms with Crippen LogP contribution in [-0.4, -0.2) is 64.5 Å². The summed E-state index contributed by atoms with van der Waals surface area (Å²) in [7, 11) is 3.80. The second-order valence-corrected chi connectivity index (χ2v) is 7.26. The molecule has 7 heteroatoms. The zero-order chi connectivity index (χ0) is 20.0. The van der Waals surface area contributed by atoms with Crippen LogP contribution in [0.3, 0.4) is 0 Å². The minimum absolute atomic E-state index is 0. The summed E-state index contributed by atoms with van der Waals surface area (Å²) in [6.07, 6.45) is 4.49. The van der Waals surface area contributed by atoms with Gasteiger partial charge in [-0.1, -0.05) is 12.1 Å². The molecule has 1 aromatic rings. The van der Waals surface area contributed by atoms with Gasteiger partial charge in [0.05, 0.1) is 13.7 Å². The van der Waals surface area contributed by atoms with E-state index in [0.29, 0.717) is 13.2 Å². The molecule has 6 nitrogen and oxygen atoms in total. The van der Waals surface area contributed by atoms with E-state index in [1.54, 1.807) is 7.11 Å². The minimum atomic E-state index is 0. The maximum atomic E-state index is 5.77. The Balaban J connectivity index is 0.00000420. The van der Waals surface area contributed by atoms with Gasteiger partial charge in [0.1, 0.15) is 5.75 Å². The van der Waals surface area contributed by atoms with Crippen LogP contribution in [0.4, 0.5) is 0 Å². The highest BCUT2D eigenvalue weighted by Crippen LogP contribution is 2.18. The Morgan fingerprint density at radius 3 is 2.62 bits per heavy atom. The number of aliphatic imine (C=N–C) groups is 1. The van der Waals surface area contributed by atoms with Crippen LogP contribution in [0.25, 0.3) is 0 Å². The van der Waals surface area contributed by atoms with Gasteiger partial charge < -0.3 is 24.4 Å². The summed E-state index contributed by atoms with van der Waals surface area (Å²) < 4.78 is 16.4. The summed E-state index contributed by atoms with van der Waals surface area (Å²) >= 11 is 0. The van der Waals surface area contributed by atoms with E-state index in [1.807, 2.05) is 24.3 Å². The van der Waals surface area contributed by atoms with E-state index in [0.717, 1.165) is 62.5 Å². The molecule has 1 heterocycles. The molecule has 1 fully saturated rings. The van der Waals surface area contributed by atoms with Gasteiger partial charge in [0, 0.05) is 46.5 Å². The summed E-state index contributed by atoms with van der Waals surface area (Å²) in [6, 6.07) is 7.99. The fraction of sp³-hybridized carbons (Fsp3) is 0.682. The summed E-state index contributed by atoms with van der Waals surface area (Å²) in [5.74, 6) is 2.64. The zero-order valence-corrected chi connectivity index (χ0v) is 20.5. The van der Waals surface area contributed by atoms with Gasteiger partial charge >= 0.3 is 0 Å². The number of ether oxygens (including phenoxy) is 3. The molecule has 1 saturated heterocycles. The summed E-state index contributed by atoms with van der Waals surface area (Å²) in [5.41, 5.74) is 1.16. The second-order valence-electron chi connectivity index (χ2n) is 7.26. The quantitative estimate of drug-likeness (QED) is 0.208. The van der Waals surface area contributed by atoms with Gasteiger partial charge in [-0.05, 0) is 56.2 Å². The topological polar surface area (TPSA) is 55.3 Å². The van der Waals surface area contributed by atoms with E-state index in [4.69, 9.17) is 19.2 Å². The number of rotatable bonds is 11. The summed E-state index contributed by atoms with van der Waals surface area (Å²) in [6.45, 7) is 7.96. The number of halogens is 1. The number of methoxy groups -OCH3 is 1. The molecule has 166 valence electrons. The highest BCUT2D eigenvalue weighted by molar-refractivity contribution is 14.0. The molecule has 0 radical (unpaired) electrons. The number of hydrogen-bond donors (Lipinski definition) is 1. The minimum Gasteiger partial charge on any atom is -0.497 e. The average molecular weight is 519 g/mol. The molecular formula is C22H38IN3O3. The van der Waals surface area contributed by atoms with Crippen LogP contribution in [0.5, 0.6) is 5.75 Å². The van der Waals surface area contributed by atoms with Crippen molar-refractivity contribution in [1.82, 2.24) is 10.2 Å². The van der Waals surface area contributed by atoms with Crippen molar-refractivity contribution in [2.75, 3.05) is 53.6 Å². The molecule has 29 heavy (non-hydrogen) atoms. The first-order chi connectivity index (χ1) is 13.7. The highest BCUT2D eigenvalue weighted by atomic mass is 127. The molecule has 0 bridgehead atoms. The normalized spacial score (nSPS) is 14.9. The van der Waals surface area contributed by atoms with Crippen LogP contribution in [0.2, 0.25) is 0 Å². The molecule has 0 aromatic heterocycles. The molecule has 1 N–H and O–H groups in total. The Bertz CT molecular complexity index is 563. The monoisotopic (exact) mass is 519 g/mol. The third-order valence-electron chi connectivity index (χ3n) is 5.05. The van der Waals surface area contributed by atoms with Crippen LogP contribution in [0.1, 0.15) is 38.2 Å². The van der Waals surface area contributed by atoms with Crippen LogP contribution in [0.15, 0.2) is 29.3 Å². The molecular weight excluding hydrogens is 481 g/mol. The predicted octanol–water partition coefficient (Wildman–Crippen LogP) is 3.93. The number of hydrogen-bond acceptors (Lipinski definition) is 4. The van der Waals surface area contributed by atoms with Gasteiger partial charge in [0.15, 0.2) is 5.96 Å². The molecule has 0 saturated carbocycles. The SMILES string of the molecule is CCNC(=NCCCOCc1ccc(OC)cc1)N(C)CCC1CCOCC1.I. The van der Waals surface area contributed by atoms with Gasteiger partial charge in [0.25, 0.3) is 0 Å². The third-order valence-corrected chi connectivity index (χ3v) is 5.05. The van der Waals surface area contributed by atoms with E-state index in [-0.39, 0.29) is 24.0 Å². The van der Waals surface area contributed by atoms with Gasteiger partial charge in [-0.3, -0.25) is 4.99 Å². The van der Waals surface area contributed by atoms with E-state index in [1.165, 1.54) is 19.3 Å². The number of nitrogens with one attached hydrogen (secondary N) is 1. The first-order valence-electron chi connectivity index (χ1n) is 10.5. The fourth-order valence-electron chi connectivity index (χ4n) is 3.25. The molecule has 0 unspecified atom stereocenters. The largest absolute Gasteiger partial charge is 0.497 e. The van der Waals surface area contributed by atoms with Gasteiger partial charge in [-0.15, -0.1) is 24.0 Å². The smallest absolute Gasteiger partial charge is 0.193 e. The van der Waals surface area contributed by atoms with Crippen molar-refractivity contribution in [1.29, 1.82) is 0 Å². The number of guanidine groups is 1. The van der Waals surface area contributed by atoms with Gasteiger partial charge in [0.2, 0.25) is 0 Å². The van der Waals surface area contributed by atoms with E-state index in [9.17, 15) is 0 Å². The molecule has 1 aromatic carbocycles. The van der Waals surface area contributed by atoms with Crippen molar-refractivity contribution in [2.45, 2.75) is 39.2 Å². The Morgan fingerprint density at radius 1 is 1.24 bits per heavy atom. The van der Waals surface area contributed by atoms with Crippen molar-refractivity contribution in [3.63, 3.8) is 0 Å². The van der Waals surface area contributed by atoms with Crippen molar-refractivity contribution >= 4 is 29.9 Å². The van der Waals surface area contributed by atoms with Crippen molar-refractivity contribution in [3.05, 3.63) is 29.8 Å².